The van der Waals surface area contributed by atoms with Crippen LogP contribution >= 0.6 is 0 Å². The number of sulfonamides is 1. The van der Waals surface area contributed by atoms with E-state index in [9.17, 15) is 13.2 Å². The maximum absolute atomic E-state index is 13.4. The average Bonchev–Trinajstić information content (AvgIpc) is 2.77. The fourth-order valence-corrected chi connectivity index (χ4v) is 5.89. The minimum atomic E-state index is -3.92. The highest BCUT2D eigenvalue weighted by molar-refractivity contribution is 7.89. The van der Waals surface area contributed by atoms with Crippen LogP contribution in [-0.4, -0.2) is 20.4 Å². The molecule has 180 valence electrons. The number of benzene rings is 3. The first-order valence-corrected chi connectivity index (χ1v) is 13.2. The third-order valence-corrected chi connectivity index (χ3v) is 7.59. The third-order valence-electron chi connectivity index (χ3n) is 5.81. The van der Waals surface area contributed by atoms with E-state index in [-0.39, 0.29) is 11.3 Å². The van der Waals surface area contributed by atoms with Gasteiger partial charge in [-0.2, -0.15) is 4.72 Å². The second kappa shape index (κ2) is 11.4. The van der Waals surface area contributed by atoms with Gasteiger partial charge < -0.3 is 5.32 Å². The molecule has 0 aliphatic carbocycles. The summed E-state index contributed by atoms with van der Waals surface area (Å²) in [5, 5.41) is 2.89. The number of hydrogen-bond acceptors (Lipinski definition) is 3. The third kappa shape index (κ3) is 6.78. The Bertz CT molecular complexity index is 1200. The van der Waals surface area contributed by atoms with Gasteiger partial charge in [0, 0.05) is 5.69 Å². The van der Waals surface area contributed by atoms with Gasteiger partial charge >= 0.3 is 0 Å². The zero-order valence-corrected chi connectivity index (χ0v) is 21.2. The molecule has 0 aromatic heterocycles. The van der Waals surface area contributed by atoms with Crippen LogP contribution in [0.4, 0.5) is 5.69 Å². The standard InChI is InChI=1S/C28H34N2O3S/c1-5-6-10-23-13-15-25(16-14-23)29-28(31)26(19-24-11-8-7-9-12-24)30-34(32,33)27-21(3)17-20(2)18-22(27)4/h7-9,11-18,26,30H,5-6,10,19H2,1-4H3,(H,29,31)/t26-/m1/s1. The molecule has 3 aromatic rings. The van der Waals surface area contributed by atoms with E-state index in [1.807, 2.05) is 73.7 Å². The van der Waals surface area contributed by atoms with Crippen LogP contribution in [0, 0.1) is 20.8 Å². The summed E-state index contributed by atoms with van der Waals surface area (Å²) in [7, 11) is -3.92. The molecule has 0 saturated carbocycles. The van der Waals surface area contributed by atoms with Crippen LogP contribution in [0.1, 0.15) is 47.6 Å². The molecule has 34 heavy (non-hydrogen) atoms. The molecule has 1 amide bonds. The highest BCUT2D eigenvalue weighted by Crippen LogP contribution is 2.22. The summed E-state index contributed by atoms with van der Waals surface area (Å²) < 4.78 is 29.5. The van der Waals surface area contributed by atoms with E-state index in [1.165, 1.54) is 5.56 Å². The van der Waals surface area contributed by atoms with Crippen molar-refractivity contribution in [2.75, 3.05) is 5.32 Å². The van der Waals surface area contributed by atoms with Gasteiger partial charge in [0.15, 0.2) is 0 Å². The lowest BCUT2D eigenvalue weighted by Crippen LogP contribution is -2.45. The topological polar surface area (TPSA) is 75.3 Å². The van der Waals surface area contributed by atoms with E-state index in [0.29, 0.717) is 16.8 Å². The quantitative estimate of drug-likeness (QED) is 0.405. The molecule has 0 heterocycles. The van der Waals surface area contributed by atoms with Gasteiger partial charge in [-0.15, -0.1) is 0 Å². The summed E-state index contributed by atoms with van der Waals surface area (Å²) in [6, 6.07) is 19.9. The molecule has 3 rings (SSSR count). The Labute approximate surface area is 203 Å². The lowest BCUT2D eigenvalue weighted by atomic mass is 10.1. The molecule has 0 bridgehead atoms. The largest absolute Gasteiger partial charge is 0.325 e. The van der Waals surface area contributed by atoms with E-state index in [1.54, 1.807) is 13.8 Å². The maximum atomic E-state index is 13.4. The number of hydrogen-bond donors (Lipinski definition) is 2. The average molecular weight is 479 g/mol. The summed E-state index contributed by atoms with van der Waals surface area (Å²) >= 11 is 0. The molecule has 1 atom stereocenters. The number of aryl methyl sites for hydroxylation is 4. The molecule has 0 aliphatic rings. The van der Waals surface area contributed by atoms with Crippen LogP contribution in [0.15, 0.2) is 71.6 Å². The maximum Gasteiger partial charge on any atom is 0.242 e. The van der Waals surface area contributed by atoms with Crippen molar-refractivity contribution >= 4 is 21.6 Å². The van der Waals surface area contributed by atoms with Crippen LogP contribution in [-0.2, 0) is 27.7 Å². The number of carbonyl (C=O) groups excluding carboxylic acids is 1. The first-order valence-electron chi connectivity index (χ1n) is 11.7. The zero-order valence-electron chi connectivity index (χ0n) is 20.4. The van der Waals surface area contributed by atoms with E-state index in [2.05, 4.69) is 17.0 Å². The first kappa shape index (κ1) is 25.7. The second-order valence-corrected chi connectivity index (χ2v) is 10.5. The highest BCUT2D eigenvalue weighted by atomic mass is 32.2. The van der Waals surface area contributed by atoms with E-state index < -0.39 is 22.0 Å². The minimum absolute atomic E-state index is 0.226. The molecular weight excluding hydrogens is 444 g/mol. The van der Waals surface area contributed by atoms with Gasteiger partial charge in [0.1, 0.15) is 6.04 Å². The normalized spacial score (nSPS) is 12.4. The van der Waals surface area contributed by atoms with Gasteiger partial charge in [-0.3, -0.25) is 4.79 Å². The van der Waals surface area contributed by atoms with Crippen LogP contribution in [0.3, 0.4) is 0 Å². The van der Waals surface area contributed by atoms with Crippen molar-refractivity contribution in [3.05, 3.63) is 94.5 Å². The van der Waals surface area contributed by atoms with Crippen LogP contribution < -0.4 is 10.0 Å². The number of nitrogens with one attached hydrogen (secondary N) is 2. The molecule has 0 radical (unpaired) electrons. The Hall–Kier alpha value is -2.96. The van der Waals surface area contributed by atoms with Crippen molar-refractivity contribution in [1.29, 1.82) is 0 Å². The van der Waals surface area contributed by atoms with Gasteiger partial charge in [0.2, 0.25) is 15.9 Å². The minimum Gasteiger partial charge on any atom is -0.325 e. The van der Waals surface area contributed by atoms with Crippen molar-refractivity contribution < 1.29 is 13.2 Å². The van der Waals surface area contributed by atoms with Crippen LogP contribution in [0.5, 0.6) is 0 Å². The first-order chi connectivity index (χ1) is 16.2. The smallest absolute Gasteiger partial charge is 0.242 e. The molecule has 0 spiro atoms. The van der Waals surface area contributed by atoms with Crippen molar-refractivity contribution in [2.45, 2.75) is 64.3 Å². The summed E-state index contributed by atoms with van der Waals surface area (Å²) in [4.78, 5) is 13.5. The zero-order chi connectivity index (χ0) is 24.7. The van der Waals surface area contributed by atoms with Gasteiger partial charge in [0.05, 0.1) is 4.90 Å². The second-order valence-electron chi connectivity index (χ2n) is 8.88. The molecule has 0 aliphatic heterocycles. The number of carbonyl (C=O) groups is 1. The number of amides is 1. The van der Waals surface area contributed by atoms with E-state index in [0.717, 1.165) is 30.4 Å². The molecule has 0 unspecified atom stereocenters. The molecule has 5 nitrogen and oxygen atoms in total. The van der Waals surface area contributed by atoms with Gasteiger partial charge in [-0.25, -0.2) is 8.42 Å². The monoisotopic (exact) mass is 478 g/mol. The van der Waals surface area contributed by atoms with E-state index >= 15 is 0 Å². The Morgan fingerprint density at radius 3 is 2.09 bits per heavy atom. The Morgan fingerprint density at radius 2 is 1.50 bits per heavy atom. The van der Waals surface area contributed by atoms with Gasteiger partial charge in [0.25, 0.3) is 0 Å². The summed E-state index contributed by atoms with van der Waals surface area (Å²) in [6.45, 7) is 7.65. The molecule has 0 fully saturated rings. The molecule has 6 heteroatoms. The summed E-state index contributed by atoms with van der Waals surface area (Å²) in [6.07, 6.45) is 3.48. The van der Waals surface area contributed by atoms with Crippen molar-refractivity contribution in [2.24, 2.45) is 0 Å². The van der Waals surface area contributed by atoms with E-state index in [4.69, 9.17) is 0 Å². The lowest BCUT2D eigenvalue weighted by Gasteiger charge is -2.21. The molecular formula is C28H34N2O3S. The van der Waals surface area contributed by atoms with Crippen LogP contribution in [0.25, 0.3) is 0 Å². The molecule has 2 N–H and O–H groups in total. The van der Waals surface area contributed by atoms with Crippen LogP contribution in [0.2, 0.25) is 0 Å². The number of unbranched alkanes of at least 4 members (excludes halogenated alkanes) is 1. The Kier molecular flexibility index (Phi) is 8.64. The van der Waals surface area contributed by atoms with Gasteiger partial charge in [-0.05, 0) is 74.4 Å². The fourth-order valence-electron chi connectivity index (χ4n) is 4.24. The molecule has 3 aromatic carbocycles. The Morgan fingerprint density at radius 1 is 0.882 bits per heavy atom. The number of rotatable bonds is 10. The lowest BCUT2D eigenvalue weighted by molar-refractivity contribution is -0.117. The van der Waals surface area contributed by atoms with Crippen molar-refractivity contribution in [3.63, 3.8) is 0 Å². The predicted octanol–water partition coefficient (Wildman–Crippen LogP) is 5.48. The number of anilines is 1. The predicted molar refractivity (Wildman–Crippen MR) is 139 cm³/mol. The van der Waals surface area contributed by atoms with Gasteiger partial charge in [-0.1, -0.05) is 73.5 Å². The van der Waals surface area contributed by atoms with Crippen molar-refractivity contribution in [1.82, 2.24) is 4.72 Å². The van der Waals surface area contributed by atoms with Crippen molar-refractivity contribution in [3.8, 4) is 0 Å². The summed E-state index contributed by atoms with van der Waals surface area (Å²) in [5.74, 6) is -0.392. The SMILES string of the molecule is CCCCc1ccc(NC(=O)[C@@H](Cc2ccccc2)NS(=O)(=O)c2c(C)cc(C)cc2C)cc1. The highest BCUT2D eigenvalue weighted by Gasteiger charge is 2.28. The fraction of sp³-hybridized carbons (Fsp3) is 0.321. The Balaban J connectivity index is 1.86. The summed E-state index contributed by atoms with van der Waals surface area (Å²) in [5.41, 5.74) is 5.04. The molecule has 0 saturated heterocycles.